The first kappa shape index (κ1) is 17.6. The van der Waals surface area contributed by atoms with Crippen LogP contribution < -0.4 is 11.2 Å². The number of aliphatic hydroxyl groups is 1. The Morgan fingerprint density at radius 1 is 1.20 bits per heavy atom. The number of piperidine rings is 1. The van der Waals surface area contributed by atoms with E-state index in [1.165, 1.54) is 12.7 Å². The second-order valence-corrected chi connectivity index (χ2v) is 6.63. The van der Waals surface area contributed by atoms with Crippen LogP contribution in [0.2, 0.25) is 0 Å². The van der Waals surface area contributed by atoms with Gasteiger partial charge in [0.1, 0.15) is 0 Å². The second-order valence-electron chi connectivity index (χ2n) is 6.63. The summed E-state index contributed by atoms with van der Waals surface area (Å²) < 4.78 is 4.55. The van der Waals surface area contributed by atoms with Crippen LogP contribution in [0.5, 0.6) is 0 Å². The zero-order chi connectivity index (χ0) is 18.0. The molecule has 1 aliphatic rings. The zero-order valence-electron chi connectivity index (χ0n) is 14.8. The van der Waals surface area contributed by atoms with E-state index in [0.717, 1.165) is 36.2 Å². The van der Waals surface area contributed by atoms with Crippen LogP contribution >= 0.6 is 0 Å². The molecule has 0 bridgehead atoms. The molecule has 2 aromatic rings. The van der Waals surface area contributed by atoms with Gasteiger partial charge in [-0.15, -0.1) is 0 Å². The Bertz CT molecular complexity index is 843. The van der Waals surface area contributed by atoms with Crippen molar-refractivity contribution in [3.8, 4) is 0 Å². The molecule has 3 rings (SSSR count). The van der Waals surface area contributed by atoms with Crippen LogP contribution in [-0.2, 0) is 27.2 Å². The third-order valence-corrected chi connectivity index (χ3v) is 5.08. The lowest BCUT2D eigenvalue weighted by atomic mass is 9.93. The van der Waals surface area contributed by atoms with Crippen molar-refractivity contribution in [3.63, 3.8) is 0 Å². The number of aliphatic hydroxyl groups excluding tert-OH is 1. The molecule has 0 aromatic carbocycles. The summed E-state index contributed by atoms with van der Waals surface area (Å²) in [5.41, 5.74) is 1.37. The fourth-order valence-electron chi connectivity index (χ4n) is 3.52. The molecule has 0 spiro atoms. The molecule has 25 heavy (non-hydrogen) atoms. The SMILES string of the molecule is Cn1c(CN2CCC(c3ccnn3CCO)CC2)cc(=O)n(C)c1=O. The molecule has 0 atom stereocenters. The van der Waals surface area contributed by atoms with Crippen molar-refractivity contribution in [2.24, 2.45) is 14.1 Å². The minimum Gasteiger partial charge on any atom is -0.394 e. The highest BCUT2D eigenvalue weighted by atomic mass is 16.3. The quantitative estimate of drug-likeness (QED) is 0.799. The standard InChI is InChI=1S/C17H25N5O3/c1-19-14(11-16(24)20(2)17(19)25)12-21-7-4-13(5-8-21)15-3-6-18-22(15)9-10-23/h3,6,11,13,23H,4-5,7-10,12H2,1-2H3. The third-order valence-electron chi connectivity index (χ3n) is 5.08. The minimum atomic E-state index is -0.287. The molecule has 8 heteroatoms. The van der Waals surface area contributed by atoms with Gasteiger partial charge in [-0.3, -0.25) is 23.5 Å². The molecule has 1 saturated heterocycles. The average Bonchev–Trinajstić information content (AvgIpc) is 3.07. The molecule has 0 unspecified atom stereocenters. The van der Waals surface area contributed by atoms with Crippen LogP contribution in [0, 0.1) is 0 Å². The van der Waals surface area contributed by atoms with Crippen LogP contribution in [0.4, 0.5) is 0 Å². The van der Waals surface area contributed by atoms with Crippen LogP contribution in [0.25, 0.3) is 0 Å². The average molecular weight is 347 g/mol. The van der Waals surface area contributed by atoms with Crippen LogP contribution in [-0.4, -0.2) is 48.6 Å². The van der Waals surface area contributed by atoms with Crippen molar-refractivity contribution in [1.29, 1.82) is 0 Å². The van der Waals surface area contributed by atoms with Crippen molar-refractivity contribution in [3.05, 3.63) is 50.6 Å². The summed E-state index contributed by atoms with van der Waals surface area (Å²) in [6.45, 7) is 3.02. The smallest absolute Gasteiger partial charge is 0.330 e. The van der Waals surface area contributed by atoms with Gasteiger partial charge >= 0.3 is 5.69 Å². The molecule has 136 valence electrons. The maximum Gasteiger partial charge on any atom is 0.330 e. The normalized spacial score (nSPS) is 16.4. The zero-order valence-corrected chi connectivity index (χ0v) is 14.8. The largest absolute Gasteiger partial charge is 0.394 e. The maximum atomic E-state index is 12.0. The van der Waals surface area contributed by atoms with E-state index in [1.54, 1.807) is 23.9 Å². The van der Waals surface area contributed by atoms with Crippen molar-refractivity contribution >= 4 is 0 Å². The van der Waals surface area contributed by atoms with Gasteiger partial charge in [0.2, 0.25) is 0 Å². The van der Waals surface area contributed by atoms with E-state index in [2.05, 4.69) is 10.00 Å². The van der Waals surface area contributed by atoms with E-state index < -0.39 is 0 Å². The summed E-state index contributed by atoms with van der Waals surface area (Å²) in [6.07, 6.45) is 3.78. The van der Waals surface area contributed by atoms with Crippen LogP contribution in [0.3, 0.4) is 0 Å². The van der Waals surface area contributed by atoms with E-state index >= 15 is 0 Å². The van der Waals surface area contributed by atoms with E-state index in [0.29, 0.717) is 19.0 Å². The Kier molecular flexibility index (Phi) is 5.19. The Hall–Kier alpha value is -2.19. The lowest BCUT2D eigenvalue weighted by molar-refractivity contribution is 0.194. The Morgan fingerprint density at radius 3 is 2.60 bits per heavy atom. The molecule has 3 heterocycles. The van der Waals surface area contributed by atoms with Gasteiger partial charge in [-0.1, -0.05) is 0 Å². The van der Waals surface area contributed by atoms with E-state index in [1.807, 2.05) is 10.7 Å². The number of hydrogen-bond donors (Lipinski definition) is 1. The molecular weight excluding hydrogens is 322 g/mol. The van der Waals surface area contributed by atoms with Gasteiger partial charge < -0.3 is 5.11 Å². The van der Waals surface area contributed by atoms with Gasteiger partial charge in [-0.05, 0) is 32.0 Å². The molecule has 1 aliphatic heterocycles. The summed E-state index contributed by atoms with van der Waals surface area (Å²) in [5.74, 6) is 0.428. The van der Waals surface area contributed by atoms with Gasteiger partial charge in [0.15, 0.2) is 0 Å². The fourth-order valence-corrected chi connectivity index (χ4v) is 3.52. The molecule has 8 nitrogen and oxygen atoms in total. The van der Waals surface area contributed by atoms with Gasteiger partial charge in [-0.2, -0.15) is 5.10 Å². The molecule has 0 saturated carbocycles. The first-order valence-electron chi connectivity index (χ1n) is 8.62. The van der Waals surface area contributed by atoms with Crippen LogP contribution in [0.15, 0.2) is 27.9 Å². The minimum absolute atomic E-state index is 0.0878. The second kappa shape index (κ2) is 7.37. The summed E-state index contributed by atoms with van der Waals surface area (Å²) in [6, 6.07) is 3.57. The number of rotatable bonds is 5. The van der Waals surface area contributed by atoms with Crippen molar-refractivity contribution in [1.82, 2.24) is 23.8 Å². The summed E-state index contributed by atoms with van der Waals surface area (Å²) in [5, 5.41) is 13.4. The first-order valence-corrected chi connectivity index (χ1v) is 8.62. The first-order chi connectivity index (χ1) is 12.0. The Balaban J connectivity index is 1.66. The lowest BCUT2D eigenvalue weighted by Gasteiger charge is -2.32. The highest BCUT2D eigenvalue weighted by Crippen LogP contribution is 2.28. The predicted octanol–water partition coefficient (Wildman–Crippen LogP) is -0.348. The van der Waals surface area contributed by atoms with Crippen molar-refractivity contribution in [2.45, 2.75) is 31.8 Å². The van der Waals surface area contributed by atoms with Gasteiger partial charge in [0.05, 0.1) is 13.2 Å². The summed E-state index contributed by atoms with van der Waals surface area (Å²) in [7, 11) is 3.20. The highest BCUT2D eigenvalue weighted by molar-refractivity contribution is 5.10. The van der Waals surface area contributed by atoms with E-state index in [-0.39, 0.29) is 17.9 Å². The Morgan fingerprint density at radius 2 is 1.92 bits per heavy atom. The molecule has 0 amide bonds. The summed E-state index contributed by atoms with van der Waals surface area (Å²) in [4.78, 5) is 26.2. The molecule has 1 N–H and O–H groups in total. The fraction of sp³-hybridized carbons (Fsp3) is 0.588. The Labute approximate surface area is 145 Å². The highest BCUT2D eigenvalue weighted by Gasteiger charge is 2.23. The van der Waals surface area contributed by atoms with Crippen molar-refractivity contribution < 1.29 is 5.11 Å². The maximum absolute atomic E-state index is 12.0. The molecule has 0 radical (unpaired) electrons. The monoisotopic (exact) mass is 347 g/mol. The van der Waals surface area contributed by atoms with Crippen LogP contribution in [0.1, 0.15) is 30.1 Å². The number of aromatic nitrogens is 4. The lowest BCUT2D eigenvalue weighted by Crippen LogP contribution is -2.40. The van der Waals surface area contributed by atoms with Gasteiger partial charge in [0, 0.05) is 50.2 Å². The molecule has 2 aromatic heterocycles. The predicted molar refractivity (Wildman–Crippen MR) is 93.5 cm³/mol. The topological polar surface area (TPSA) is 85.3 Å². The summed E-state index contributed by atoms with van der Waals surface area (Å²) >= 11 is 0. The van der Waals surface area contributed by atoms with E-state index in [9.17, 15) is 9.59 Å². The number of hydrogen-bond acceptors (Lipinski definition) is 5. The van der Waals surface area contributed by atoms with Gasteiger partial charge in [-0.25, -0.2) is 4.79 Å². The molecular formula is C17H25N5O3. The molecule has 1 fully saturated rings. The van der Waals surface area contributed by atoms with E-state index in [4.69, 9.17) is 5.11 Å². The number of likely N-dealkylation sites (tertiary alicyclic amines) is 1. The molecule has 0 aliphatic carbocycles. The third kappa shape index (κ3) is 3.59. The van der Waals surface area contributed by atoms with Crippen molar-refractivity contribution in [2.75, 3.05) is 19.7 Å². The number of nitrogens with zero attached hydrogens (tertiary/aromatic N) is 5. The van der Waals surface area contributed by atoms with Gasteiger partial charge in [0.25, 0.3) is 5.56 Å².